The van der Waals surface area contributed by atoms with Crippen LogP contribution in [-0.2, 0) is 22.9 Å². The zero-order valence-corrected chi connectivity index (χ0v) is 17.4. The van der Waals surface area contributed by atoms with Crippen LogP contribution in [0.25, 0.3) is 0 Å². The molecule has 1 aliphatic heterocycles. The summed E-state index contributed by atoms with van der Waals surface area (Å²) < 4.78 is 41.1. The van der Waals surface area contributed by atoms with Crippen LogP contribution in [0.5, 0.6) is 0 Å². The summed E-state index contributed by atoms with van der Waals surface area (Å²) in [7, 11) is -3.48. The lowest BCUT2D eigenvalue weighted by atomic mass is 9.92. The Hall–Kier alpha value is -1.96. The third-order valence-corrected chi connectivity index (χ3v) is 7.37. The molecule has 7 heteroatoms. The molecule has 29 heavy (non-hydrogen) atoms. The summed E-state index contributed by atoms with van der Waals surface area (Å²) in [4.78, 5) is 4.86. The van der Waals surface area contributed by atoms with Gasteiger partial charge >= 0.3 is 0 Å². The Morgan fingerprint density at radius 2 is 1.59 bits per heavy atom. The van der Waals surface area contributed by atoms with Gasteiger partial charge in [0, 0.05) is 45.0 Å². The van der Waals surface area contributed by atoms with E-state index in [1.54, 1.807) is 18.2 Å². The topological polar surface area (TPSA) is 52.7 Å². The number of aryl methyl sites for hydroxylation is 2. The molecule has 1 heterocycles. The van der Waals surface area contributed by atoms with Crippen LogP contribution in [0.2, 0.25) is 0 Å². The van der Waals surface area contributed by atoms with E-state index in [4.69, 9.17) is 0 Å². The maximum atomic E-state index is 13.1. The van der Waals surface area contributed by atoms with E-state index in [1.807, 2.05) is 12.1 Å². The van der Waals surface area contributed by atoms with Gasteiger partial charge in [0.1, 0.15) is 5.82 Å². The molecule has 0 bridgehead atoms. The van der Waals surface area contributed by atoms with Crippen molar-refractivity contribution < 1.29 is 12.8 Å². The lowest BCUT2D eigenvalue weighted by molar-refractivity contribution is 0.262. The Kier molecular flexibility index (Phi) is 6.18. The molecule has 2 aromatic carbocycles. The van der Waals surface area contributed by atoms with E-state index in [0.717, 1.165) is 51.1 Å². The molecule has 5 nitrogen and oxygen atoms in total. The van der Waals surface area contributed by atoms with E-state index < -0.39 is 10.0 Å². The summed E-state index contributed by atoms with van der Waals surface area (Å²) in [5.74, 6) is -0.224. The monoisotopic (exact) mass is 417 g/mol. The smallest absolute Gasteiger partial charge is 0.240 e. The Morgan fingerprint density at radius 1 is 0.897 bits per heavy atom. The highest BCUT2D eigenvalue weighted by atomic mass is 32.2. The summed E-state index contributed by atoms with van der Waals surface area (Å²) in [5.41, 5.74) is 3.49. The van der Waals surface area contributed by atoms with Gasteiger partial charge < -0.3 is 4.90 Å². The average molecular weight is 418 g/mol. The van der Waals surface area contributed by atoms with E-state index in [2.05, 4.69) is 14.5 Å². The third kappa shape index (κ3) is 4.97. The predicted molar refractivity (Wildman–Crippen MR) is 113 cm³/mol. The average Bonchev–Trinajstić information content (AvgIpc) is 2.74. The van der Waals surface area contributed by atoms with E-state index >= 15 is 0 Å². The number of anilines is 1. The van der Waals surface area contributed by atoms with Crippen molar-refractivity contribution in [3.05, 3.63) is 59.4 Å². The number of piperazine rings is 1. The SMILES string of the molecule is O=S(=O)(NCCN1CCN(c2ccc(F)cc2)CC1)c1ccc2c(c1)CCCC2. The van der Waals surface area contributed by atoms with E-state index in [9.17, 15) is 12.8 Å². The second-order valence-corrected chi connectivity index (χ2v) is 9.61. The van der Waals surface area contributed by atoms with Crippen LogP contribution in [0.4, 0.5) is 10.1 Å². The zero-order chi connectivity index (χ0) is 20.3. The predicted octanol–water partition coefficient (Wildman–Crippen LogP) is 2.81. The van der Waals surface area contributed by atoms with Crippen molar-refractivity contribution in [3.63, 3.8) is 0 Å². The largest absolute Gasteiger partial charge is 0.369 e. The van der Waals surface area contributed by atoms with E-state index in [0.29, 0.717) is 18.0 Å². The molecular weight excluding hydrogens is 389 g/mol. The molecule has 0 radical (unpaired) electrons. The first-order valence-corrected chi connectivity index (χ1v) is 11.8. The van der Waals surface area contributed by atoms with Crippen molar-refractivity contribution >= 4 is 15.7 Å². The van der Waals surface area contributed by atoms with Crippen LogP contribution in [0, 0.1) is 5.82 Å². The highest BCUT2D eigenvalue weighted by Crippen LogP contribution is 2.24. The van der Waals surface area contributed by atoms with Crippen molar-refractivity contribution in [2.45, 2.75) is 30.6 Å². The molecular formula is C22H28FN3O2S. The fourth-order valence-corrected chi connectivity index (χ4v) is 5.25. The van der Waals surface area contributed by atoms with Crippen LogP contribution in [0.3, 0.4) is 0 Å². The second-order valence-electron chi connectivity index (χ2n) is 7.84. The molecule has 0 aromatic heterocycles. The Bertz CT molecular complexity index is 939. The summed E-state index contributed by atoms with van der Waals surface area (Å²) in [6.07, 6.45) is 4.34. The van der Waals surface area contributed by atoms with E-state index in [1.165, 1.54) is 29.7 Å². The number of benzene rings is 2. The van der Waals surface area contributed by atoms with Crippen molar-refractivity contribution in [2.24, 2.45) is 0 Å². The third-order valence-electron chi connectivity index (χ3n) is 5.91. The van der Waals surface area contributed by atoms with Gasteiger partial charge in [-0.25, -0.2) is 17.5 Å². The standard InChI is InChI=1S/C22H28FN3O2S/c23-20-6-8-21(9-7-20)26-15-13-25(14-16-26)12-11-24-29(27,28)22-10-5-18-3-1-2-4-19(18)17-22/h5-10,17,24H,1-4,11-16H2. The lowest BCUT2D eigenvalue weighted by Gasteiger charge is -2.36. The van der Waals surface area contributed by atoms with Gasteiger partial charge in [-0.2, -0.15) is 0 Å². The fraction of sp³-hybridized carbons (Fsp3) is 0.455. The number of rotatable bonds is 6. The highest BCUT2D eigenvalue weighted by Gasteiger charge is 2.20. The summed E-state index contributed by atoms with van der Waals surface area (Å²) >= 11 is 0. The minimum absolute atomic E-state index is 0.224. The van der Waals surface area contributed by atoms with Crippen molar-refractivity contribution in [1.29, 1.82) is 0 Å². The number of hydrogen-bond acceptors (Lipinski definition) is 4. The van der Waals surface area contributed by atoms with Crippen molar-refractivity contribution in [2.75, 3.05) is 44.2 Å². The minimum atomic E-state index is -3.48. The highest BCUT2D eigenvalue weighted by molar-refractivity contribution is 7.89. The Balaban J connectivity index is 1.26. The van der Waals surface area contributed by atoms with Crippen molar-refractivity contribution in [3.8, 4) is 0 Å². The molecule has 0 unspecified atom stereocenters. The Morgan fingerprint density at radius 3 is 2.31 bits per heavy atom. The van der Waals surface area contributed by atoms with Gasteiger partial charge in [-0.15, -0.1) is 0 Å². The second kappa shape index (κ2) is 8.81. The number of halogens is 1. The van der Waals surface area contributed by atoms with Gasteiger partial charge in [0.2, 0.25) is 10.0 Å². The quantitative estimate of drug-likeness (QED) is 0.785. The zero-order valence-electron chi connectivity index (χ0n) is 16.6. The van der Waals surface area contributed by atoms with Gasteiger partial charge in [-0.3, -0.25) is 4.90 Å². The van der Waals surface area contributed by atoms with Gasteiger partial charge in [-0.05, 0) is 73.2 Å². The molecule has 0 atom stereocenters. The van der Waals surface area contributed by atoms with Crippen LogP contribution < -0.4 is 9.62 Å². The lowest BCUT2D eigenvalue weighted by Crippen LogP contribution is -2.48. The first-order chi connectivity index (χ1) is 14.0. The van der Waals surface area contributed by atoms with Crippen LogP contribution >= 0.6 is 0 Å². The fourth-order valence-electron chi connectivity index (χ4n) is 4.18. The van der Waals surface area contributed by atoms with E-state index in [-0.39, 0.29) is 5.82 Å². The van der Waals surface area contributed by atoms with Crippen LogP contribution in [-0.4, -0.2) is 52.6 Å². The summed E-state index contributed by atoms with van der Waals surface area (Å²) in [6, 6.07) is 12.1. The maximum absolute atomic E-state index is 13.1. The molecule has 0 amide bonds. The number of nitrogens with one attached hydrogen (secondary N) is 1. The van der Waals surface area contributed by atoms with Gasteiger partial charge in [0.15, 0.2) is 0 Å². The van der Waals surface area contributed by atoms with Crippen LogP contribution in [0.1, 0.15) is 24.0 Å². The normalized spacial score (nSPS) is 17.9. The summed E-state index contributed by atoms with van der Waals surface area (Å²) in [5, 5.41) is 0. The molecule has 4 rings (SSSR count). The molecule has 2 aliphatic rings. The number of nitrogens with zero attached hydrogens (tertiary/aromatic N) is 2. The first kappa shape index (κ1) is 20.3. The Labute approximate surface area is 172 Å². The van der Waals surface area contributed by atoms with Gasteiger partial charge in [0.25, 0.3) is 0 Å². The molecule has 1 N–H and O–H groups in total. The molecule has 2 aromatic rings. The molecule has 1 aliphatic carbocycles. The number of sulfonamides is 1. The molecule has 0 spiro atoms. The van der Waals surface area contributed by atoms with Crippen LogP contribution in [0.15, 0.2) is 47.4 Å². The number of hydrogen-bond donors (Lipinski definition) is 1. The summed E-state index contributed by atoms with van der Waals surface area (Å²) in [6.45, 7) is 4.50. The molecule has 1 saturated heterocycles. The maximum Gasteiger partial charge on any atom is 0.240 e. The van der Waals surface area contributed by atoms with Crippen molar-refractivity contribution in [1.82, 2.24) is 9.62 Å². The minimum Gasteiger partial charge on any atom is -0.369 e. The molecule has 1 fully saturated rings. The first-order valence-electron chi connectivity index (χ1n) is 10.4. The van der Waals surface area contributed by atoms with Gasteiger partial charge in [0.05, 0.1) is 4.90 Å². The molecule has 156 valence electrons. The van der Waals surface area contributed by atoms with Gasteiger partial charge in [-0.1, -0.05) is 6.07 Å². The molecule has 0 saturated carbocycles. The number of fused-ring (bicyclic) bond motifs is 1.